The van der Waals surface area contributed by atoms with E-state index in [2.05, 4.69) is 16.9 Å². The molecule has 5 nitrogen and oxygen atoms in total. The summed E-state index contributed by atoms with van der Waals surface area (Å²) in [5.41, 5.74) is 1.68. The van der Waals surface area contributed by atoms with Gasteiger partial charge in [-0.2, -0.15) is 0 Å². The van der Waals surface area contributed by atoms with Crippen molar-refractivity contribution >= 4 is 17.1 Å². The van der Waals surface area contributed by atoms with Crippen molar-refractivity contribution in [3.05, 3.63) is 59.6 Å². The summed E-state index contributed by atoms with van der Waals surface area (Å²) in [6.07, 6.45) is 3.36. The average molecular weight is 372 g/mol. The van der Waals surface area contributed by atoms with Crippen LogP contribution in [0, 0.1) is 11.6 Å². The molecule has 0 aliphatic heterocycles. The Labute approximate surface area is 156 Å². The van der Waals surface area contributed by atoms with Gasteiger partial charge in [-0.3, -0.25) is 4.79 Å². The van der Waals surface area contributed by atoms with Crippen LogP contribution in [0.2, 0.25) is 0 Å². The largest absolute Gasteiger partial charge is 0.331 e. The number of rotatable bonds is 7. The number of imidazole rings is 1. The van der Waals surface area contributed by atoms with Gasteiger partial charge >= 0.3 is 0 Å². The minimum Gasteiger partial charge on any atom is -0.331 e. The highest BCUT2D eigenvalue weighted by Crippen LogP contribution is 2.18. The van der Waals surface area contributed by atoms with E-state index in [-0.39, 0.29) is 18.0 Å². The van der Waals surface area contributed by atoms with Gasteiger partial charge in [-0.1, -0.05) is 13.8 Å². The van der Waals surface area contributed by atoms with E-state index in [0.717, 1.165) is 48.5 Å². The van der Waals surface area contributed by atoms with Crippen LogP contribution in [-0.2, 0) is 13.1 Å². The number of hydrogen-bond acceptors (Lipinski definition) is 3. The number of amides is 1. The normalized spacial score (nSPS) is 11.1. The van der Waals surface area contributed by atoms with Crippen molar-refractivity contribution in [1.82, 2.24) is 19.4 Å². The molecule has 0 aliphatic rings. The third-order valence-electron chi connectivity index (χ3n) is 4.31. The smallest absolute Gasteiger partial charge is 0.254 e. The van der Waals surface area contributed by atoms with Crippen LogP contribution in [0.15, 0.2) is 36.5 Å². The molecule has 3 aromatic rings. The van der Waals surface area contributed by atoms with Crippen LogP contribution in [-0.4, -0.2) is 31.9 Å². The van der Waals surface area contributed by atoms with E-state index < -0.39 is 11.6 Å². The molecule has 0 N–H and O–H groups in total. The first-order valence-electron chi connectivity index (χ1n) is 9.09. The molecule has 2 aromatic heterocycles. The van der Waals surface area contributed by atoms with Gasteiger partial charge in [-0.25, -0.2) is 18.7 Å². The lowest BCUT2D eigenvalue weighted by Gasteiger charge is -2.22. The zero-order chi connectivity index (χ0) is 19.4. The van der Waals surface area contributed by atoms with Crippen molar-refractivity contribution in [1.29, 1.82) is 0 Å². The Morgan fingerprint density at radius 1 is 1.15 bits per heavy atom. The van der Waals surface area contributed by atoms with E-state index in [1.807, 2.05) is 23.6 Å². The van der Waals surface area contributed by atoms with E-state index >= 15 is 0 Å². The molecule has 0 saturated heterocycles. The van der Waals surface area contributed by atoms with E-state index in [1.165, 1.54) is 6.07 Å². The first kappa shape index (κ1) is 18.9. The summed E-state index contributed by atoms with van der Waals surface area (Å²) >= 11 is 0. The van der Waals surface area contributed by atoms with Crippen LogP contribution in [0.4, 0.5) is 8.78 Å². The lowest BCUT2D eigenvalue weighted by molar-refractivity contribution is 0.0736. The van der Waals surface area contributed by atoms with Crippen LogP contribution >= 0.6 is 0 Å². The Balaban J connectivity index is 1.94. The molecule has 142 valence electrons. The Kier molecular flexibility index (Phi) is 5.78. The Morgan fingerprint density at radius 3 is 2.67 bits per heavy atom. The molecule has 27 heavy (non-hydrogen) atoms. The summed E-state index contributed by atoms with van der Waals surface area (Å²) in [5, 5.41) is 0. The Morgan fingerprint density at radius 2 is 1.96 bits per heavy atom. The molecule has 1 amide bonds. The second-order valence-electron chi connectivity index (χ2n) is 6.38. The first-order chi connectivity index (χ1) is 13.0. The van der Waals surface area contributed by atoms with E-state index in [1.54, 1.807) is 11.1 Å². The van der Waals surface area contributed by atoms with Crippen LogP contribution in [0.5, 0.6) is 0 Å². The fourth-order valence-corrected chi connectivity index (χ4v) is 3.09. The van der Waals surface area contributed by atoms with Gasteiger partial charge in [0.1, 0.15) is 11.3 Å². The van der Waals surface area contributed by atoms with Crippen molar-refractivity contribution < 1.29 is 13.6 Å². The summed E-state index contributed by atoms with van der Waals surface area (Å²) < 4.78 is 28.8. The number of carbonyl (C=O) groups is 1. The minimum absolute atomic E-state index is 0.124. The monoisotopic (exact) mass is 372 g/mol. The predicted molar refractivity (Wildman–Crippen MR) is 99.2 cm³/mol. The van der Waals surface area contributed by atoms with Crippen LogP contribution < -0.4 is 0 Å². The van der Waals surface area contributed by atoms with Gasteiger partial charge in [0, 0.05) is 24.8 Å². The highest BCUT2D eigenvalue weighted by Gasteiger charge is 2.20. The molecule has 3 rings (SSSR count). The molecule has 0 radical (unpaired) electrons. The molecule has 0 aliphatic carbocycles. The lowest BCUT2D eigenvalue weighted by atomic mass is 10.2. The summed E-state index contributed by atoms with van der Waals surface area (Å²) in [4.78, 5) is 23.5. The van der Waals surface area contributed by atoms with Crippen molar-refractivity contribution in [2.45, 2.75) is 39.8 Å². The molecule has 0 unspecified atom stereocenters. The average Bonchev–Trinajstić information content (AvgIpc) is 3.01. The Hall–Kier alpha value is -2.83. The van der Waals surface area contributed by atoms with Gasteiger partial charge in [-0.05, 0) is 43.2 Å². The number of pyridine rings is 1. The SMILES string of the molecule is CCCN(Cc1nc2cccnc2n1CCC)C(=O)c1ccc(F)c(F)c1. The number of carbonyl (C=O) groups excluding carboxylic acids is 1. The molecule has 0 atom stereocenters. The third kappa shape index (κ3) is 3.97. The molecular formula is C20H22F2N4O. The maximum Gasteiger partial charge on any atom is 0.254 e. The fraction of sp³-hybridized carbons (Fsp3) is 0.350. The van der Waals surface area contributed by atoms with Gasteiger partial charge in [0.15, 0.2) is 17.3 Å². The standard InChI is InChI=1S/C20H22F2N4O/c1-3-10-25(20(27)14-7-8-15(21)16(22)12-14)13-18-24-17-6-5-9-23-19(17)26(18)11-4-2/h5-9,12H,3-4,10-11,13H2,1-2H3. The molecule has 0 bridgehead atoms. The zero-order valence-corrected chi connectivity index (χ0v) is 15.5. The van der Waals surface area contributed by atoms with Crippen molar-refractivity contribution in [2.75, 3.05) is 6.54 Å². The summed E-state index contributed by atoms with van der Waals surface area (Å²) in [6.45, 7) is 5.53. The molecule has 0 spiro atoms. The second-order valence-corrected chi connectivity index (χ2v) is 6.38. The lowest BCUT2D eigenvalue weighted by Crippen LogP contribution is -2.32. The summed E-state index contributed by atoms with van der Waals surface area (Å²) in [5.74, 6) is -1.61. The van der Waals surface area contributed by atoms with E-state index in [0.29, 0.717) is 6.54 Å². The highest BCUT2D eigenvalue weighted by atomic mass is 19.2. The number of nitrogens with zero attached hydrogens (tertiary/aromatic N) is 4. The minimum atomic E-state index is -1.03. The predicted octanol–water partition coefficient (Wildman–Crippen LogP) is 4.17. The van der Waals surface area contributed by atoms with Gasteiger partial charge < -0.3 is 9.47 Å². The number of benzene rings is 1. The number of hydrogen-bond donors (Lipinski definition) is 0. The number of aromatic nitrogens is 3. The van der Waals surface area contributed by atoms with Crippen molar-refractivity contribution in [3.8, 4) is 0 Å². The first-order valence-corrected chi connectivity index (χ1v) is 9.09. The quantitative estimate of drug-likeness (QED) is 0.625. The van der Waals surface area contributed by atoms with Gasteiger partial charge in [0.05, 0.1) is 6.54 Å². The number of fused-ring (bicyclic) bond motifs is 1. The molecular weight excluding hydrogens is 350 g/mol. The highest BCUT2D eigenvalue weighted by molar-refractivity contribution is 5.94. The third-order valence-corrected chi connectivity index (χ3v) is 4.31. The maximum atomic E-state index is 13.5. The topological polar surface area (TPSA) is 51.0 Å². The summed E-state index contributed by atoms with van der Waals surface area (Å²) in [7, 11) is 0. The van der Waals surface area contributed by atoms with Crippen molar-refractivity contribution in [2.24, 2.45) is 0 Å². The fourth-order valence-electron chi connectivity index (χ4n) is 3.09. The number of halogens is 2. The molecule has 2 heterocycles. The van der Waals surface area contributed by atoms with Gasteiger partial charge in [-0.15, -0.1) is 0 Å². The second kappa shape index (κ2) is 8.24. The number of aryl methyl sites for hydroxylation is 1. The maximum absolute atomic E-state index is 13.5. The molecule has 0 saturated carbocycles. The van der Waals surface area contributed by atoms with Crippen LogP contribution in [0.3, 0.4) is 0 Å². The zero-order valence-electron chi connectivity index (χ0n) is 15.5. The van der Waals surface area contributed by atoms with Gasteiger partial charge in [0.25, 0.3) is 5.91 Å². The van der Waals surface area contributed by atoms with E-state index in [4.69, 9.17) is 0 Å². The van der Waals surface area contributed by atoms with Crippen molar-refractivity contribution in [3.63, 3.8) is 0 Å². The van der Waals surface area contributed by atoms with Gasteiger partial charge in [0.2, 0.25) is 0 Å². The molecule has 1 aromatic carbocycles. The molecule has 7 heteroatoms. The van der Waals surface area contributed by atoms with E-state index in [9.17, 15) is 13.6 Å². The van der Waals surface area contributed by atoms with Crippen LogP contribution in [0.1, 0.15) is 42.9 Å². The molecule has 0 fully saturated rings. The Bertz CT molecular complexity index is 954. The summed E-state index contributed by atoms with van der Waals surface area (Å²) in [6, 6.07) is 6.94. The van der Waals surface area contributed by atoms with Crippen LogP contribution in [0.25, 0.3) is 11.2 Å².